The summed E-state index contributed by atoms with van der Waals surface area (Å²) in [6, 6.07) is 15.4. The molecule has 0 aromatic heterocycles. The van der Waals surface area contributed by atoms with Gasteiger partial charge in [-0.15, -0.1) is 0 Å². The topological polar surface area (TPSA) is 97.2 Å². The molecular weight excluding hydrogens is 454 g/mol. The van der Waals surface area contributed by atoms with Crippen LogP contribution in [0.15, 0.2) is 59.8 Å². The van der Waals surface area contributed by atoms with Crippen LogP contribution in [0.5, 0.6) is 0 Å². The van der Waals surface area contributed by atoms with Crippen molar-refractivity contribution in [2.24, 2.45) is 5.73 Å². The second-order valence-electron chi connectivity index (χ2n) is 8.73. The van der Waals surface area contributed by atoms with E-state index in [-0.39, 0.29) is 5.91 Å². The molecule has 5 rings (SSSR count). The van der Waals surface area contributed by atoms with Crippen molar-refractivity contribution in [3.05, 3.63) is 64.8 Å². The van der Waals surface area contributed by atoms with Gasteiger partial charge in [0.1, 0.15) is 6.17 Å². The second kappa shape index (κ2) is 9.08. The number of anilines is 3. The zero-order valence-electron chi connectivity index (χ0n) is 19.0. The number of para-hydroxylation sites is 1. The van der Waals surface area contributed by atoms with Gasteiger partial charge >= 0.3 is 6.03 Å². The lowest BCUT2D eigenvalue weighted by molar-refractivity contribution is -0.119. The highest BCUT2D eigenvalue weighted by molar-refractivity contribution is 6.33. The number of hydrogen-bond donors (Lipinski definition) is 3. The van der Waals surface area contributed by atoms with E-state index < -0.39 is 12.2 Å². The Hall–Kier alpha value is -3.43. The van der Waals surface area contributed by atoms with Crippen molar-refractivity contribution in [2.45, 2.75) is 25.9 Å². The number of hydrogen-bond acceptors (Lipinski definition) is 6. The predicted molar refractivity (Wildman–Crippen MR) is 133 cm³/mol. The number of halogens is 1. The molecule has 0 radical (unpaired) electrons. The lowest BCUT2D eigenvalue weighted by atomic mass is 10.2. The summed E-state index contributed by atoms with van der Waals surface area (Å²) >= 11 is 6.64. The third-order valence-electron chi connectivity index (χ3n) is 6.39. The lowest BCUT2D eigenvalue weighted by Crippen LogP contribution is -2.55. The molecule has 9 nitrogen and oxygen atoms in total. The molecule has 10 heteroatoms. The number of rotatable bonds is 5. The van der Waals surface area contributed by atoms with Crippen molar-refractivity contribution in [1.82, 2.24) is 15.8 Å². The number of amides is 3. The Morgan fingerprint density at radius 3 is 2.32 bits per heavy atom. The summed E-state index contributed by atoms with van der Waals surface area (Å²) in [6.45, 7) is 4.49. The van der Waals surface area contributed by atoms with Crippen molar-refractivity contribution in [3.63, 3.8) is 0 Å². The first-order chi connectivity index (χ1) is 16.4. The molecule has 0 saturated carbocycles. The molecule has 4 N–H and O–H groups in total. The van der Waals surface area contributed by atoms with E-state index in [1.807, 2.05) is 29.3 Å². The number of benzene rings is 2. The van der Waals surface area contributed by atoms with E-state index in [0.717, 1.165) is 35.7 Å². The fraction of sp³-hybridized carbons (Fsp3) is 0.333. The van der Waals surface area contributed by atoms with Gasteiger partial charge in [0.15, 0.2) is 0 Å². The molecule has 0 spiro atoms. The van der Waals surface area contributed by atoms with Crippen LogP contribution >= 0.6 is 11.6 Å². The van der Waals surface area contributed by atoms with Crippen LogP contribution in [0.1, 0.15) is 19.8 Å². The smallest absolute Gasteiger partial charge is 0.326 e. The van der Waals surface area contributed by atoms with Crippen molar-refractivity contribution >= 4 is 40.6 Å². The van der Waals surface area contributed by atoms with E-state index in [2.05, 4.69) is 44.9 Å². The molecule has 3 aliphatic rings. The molecule has 1 atom stereocenters. The highest BCUT2D eigenvalue weighted by atomic mass is 35.5. The molecule has 1 fully saturated rings. The SMILES string of the molecule is CC(=O)NC1C2=C(CN(NC(N)=O)C2)N(c2ccccc2Cl)N1c1ccc(N2CCCC2)cc1. The number of nitrogens with zero attached hydrogens (tertiary/aromatic N) is 4. The van der Waals surface area contributed by atoms with Gasteiger partial charge in [0.05, 0.1) is 28.6 Å². The number of urea groups is 1. The molecule has 178 valence electrons. The van der Waals surface area contributed by atoms with Crippen molar-refractivity contribution in [2.75, 3.05) is 41.1 Å². The first-order valence-electron chi connectivity index (χ1n) is 11.4. The van der Waals surface area contributed by atoms with E-state index in [1.165, 1.54) is 25.5 Å². The molecule has 0 aliphatic carbocycles. The highest BCUT2D eigenvalue weighted by Crippen LogP contribution is 2.42. The first-order valence-corrected chi connectivity index (χ1v) is 11.8. The maximum absolute atomic E-state index is 12.2. The predicted octanol–water partition coefficient (Wildman–Crippen LogP) is 2.80. The summed E-state index contributed by atoms with van der Waals surface area (Å²) in [5, 5.41) is 9.50. The third kappa shape index (κ3) is 4.12. The molecule has 3 amide bonds. The highest BCUT2D eigenvalue weighted by Gasteiger charge is 2.45. The maximum atomic E-state index is 12.2. The summed E-state index contributed by atoms with van der Waals surface area (Å²) in [7, 11) is 0. The molecule has 34 heavy (non-hydrogen) atoms. The van der Waals surface area contributed by atoms with Crippen LogP contribution in [0.2, 0.25) is 5.02 Å². The van der Waals surface area contributed by atoms with Gasteiger partial charge in [-0.05, 0) is 49.2 Å². The zero-order chi connectivity index (χ0) is 23.8. The van der Waals surface area contributed by atoms with Crippen LogP contribution in [0, 0.1) is 0 Å². The van der Waals surface area contributed by atoms with Crippen molar-refractivity contribution in [3.8, 4) is 0 Å². The standard InChI is InChI=1S/C24H28ClN7O2/c1-16(33)27-23-19-14-30(28-24(26)34)15-22(19)32(21-7-3-2-6-20(21)25)31(23)18-10-8-17(9-11-18)29-12-4-5-13-29/h2-3,6-11,23H,4-5,12-15H2,1H3,(H,27,33)(H3,26,28,34). The quantitative estimate of drug-likeness (QED) is 0.607. The summed E-state index contributed by atoms with van der Waals surface area (Å²) in [5.41, 5.74) is 12.8. The summed E-state index contributed by atoms with van der Waals surface area (Å²) in [4.78, 5) is 26.1. The molecule has 2 aromatic rings. The third-order valence-corrected chi connectivity index (χ3v) is 6.71. The van der Waals surface area contributed by atoms with Crippen LogP contribution in [0.4, 0.5) is 21.9 Å². The molecule has 1 unspecified atom stereocenters. The average Bonchev–Trinajstić information content (AvgIpc) is 3.52. The number of nitrogens with one attached hydrogen (secondary N) is 2. The van der Waals surface area contributed by atoms with Crippen molar-refractivity contribution in [1.29, 1.82) is 0 Å². The van der Waals surface area contributed by atoms with E-state index in [9.17, 15) is 9.59 Å². The Bertz CT molecular complexity index is 1130. The van der Waals surface area contributed by atoms with Gasteiger partial charge in [0.25, 0.3) is 0 Å². The molecule has 1 saturated heterocycles. The Balaban J connectivity index is 1.56. The van der Waals surface area contributed by atoms with Gasteiger partial charge in [0.2, 0.25) is 5.91 Å². The summed E-state index contributed by atoms with van der Waals surface area (Å²) < 4.78 is 0. The fourth-order valence-electron chi connectivity index (χ4n) is 4.99. The number of nitrogens with two attached hydrogens (primary N) is 1. The Morgan fingerprint density at radius 2 is 1.68 bits per heavy atom. The van der Waals surface area contributed by atoms with E-state index in [1.54, 1.807) is 5.01 Å². The lowest BCUT2D eigenvalue weighted by Gasteiger charge is -2.39. The van der Waals surface area contributed by atoms with Gasteiger partial charge in [-0.1, -0.05) is 23.7 Å². The van der Waals surface area contributed by atoms with E-state index in [0.29, 0.717) is 18.1 Å². The Morgan fingerprint density at radius 1 is 1.00 bits per heavy atom. The zero-order valence-corrected chi connectivity index (χ0v) is 19.8. The van der Waals surface area contributed by atoms with E-state index >= 15 is 0 Å². The Labute approximate surface area is 203 Å². The van der Waals surface area contributed by atoms with Gasteiger partial charge in [0, 0.05) is 37.8 Å². The first kappa shape index (κ1) is 22.4. The summed E-state index contributed by atoms with van der Waals surface area (Å²) in [6.07, 6.45) is 1.98. The Kier molecular flexibility index (Phi) is 5.97. The van der Waals surface area contributed by atoms with Gasteiger partial charge < -0.3 is 16.0 Å². The normalized spacial score (nSPS) is 20.2. The molecule has 0 bridgehead atoms. The second-order valence-corrected chi connectivity index (χ2v) is 9.13. The number of carbonyl (C=O) groups is 2. The number of hydrazine groups is 2. The largest absolute Gasteiger partial charge is 0.372 e. The maximum Gasteiger partial charge on any atom is 0.326 e. The molecule has 3 heterocycles. The van der Waals surface area contributed by atoms with Crippen LogP contribution in [-0.2, 0) is 4.79 Å². The van der Waals surface area contributed by atoms with Crippen LogP contribution in [0.25, 0.3) is 0 Å². The van der Waals surface area contributed by atoms with Crippen molar-refractivity contribution < 1.29 is 9.59 Å². The monoisotopic (exact) mass is 481 g/mol. The van der Waals surface area contributed by atoms with E-state index in [4.69, 9.17) is 17.3 Å². The minimum atomic E-state index is -0.629. The molecule has 3 aliphatic heterocycles. The van der Waals surface area contributed by atoms with Crippen LogP contribution in [-0.4, -0.2) is 49.3 Å². The van der Waals surface area contributed by atoms with Gasteiger partial charge in [-0.25, -0.2) is 9.80 Å². The van der Waals surface area contributed by atoms with Gasteiger partial charge in [-0.3, -0.25) is 20.2 Å². The molecule has 2 aromatic carbocycles. The van der Waals surface area contributed by atoms with Crippen LogP contribution < -0.4 is 31.4 Å². The minimum absolute atomic E-state index is 0.155. The molecular formula is C24H28ClN7O2. The van der Waals surface area contributed by atoms with Gasteiger partial charge in [-0.2, -0.15) is 0 Å². The van der Waals surface area contributed by atoms with Crippen LogP contribution in [0.3, 0.4) is 0 Å². The minimum Gasteiger partial charge on any atom is -0.372 e. The average molecular weight is 482 g/mol. The fourth-order valence-corrected chi connectivity index (χ4v) is 5.21. The number of carbonyl (C=O) groups excluding carboxylic acids is 2. The number of primary amides is 1. The summed E-state index contributed by atoms with van der Waals surface area (Å²) in [5.74, 6) is -0.155.